The van der Waals surface area contributed by atoms with Gasteiger partial charge in [0.05, 0.1) is 16.2 Å². The summed E-state index contributed by atoms with van der Waals surface area (Å²) in [6.07, 6.45) is 0. The number of rotatable bonds is 2. The van der Waals surface area contributed by atoms with Crippen LogP contribution in [0.2, 0.25) is 0 Å². The zero-order valence-corrected chi connectivity index (χ0v) is 7.35. The highest BCUT2D eigenvalue weighted by atomic mass is 16.6. The lowest BCUT2D eigenvalue weighted by atomic mass is 10.1. The number of nitro benzene ring substituents is 1. The van der Waals surface area contributed by atoms with Crippen molar-refractivity contribution in [2.75, 3.05) is 5.73 Å². The predicted octanol–water partition coefficient (Wildman–Crippen LogP) is 1.09. The zero-order valence-electron chi connectivity index (χ0n) is 7.35. The molecule has 1 aromatic rings. The minimum absolute atomic E-state index is 0.123. The molecule has 0 saturated carbocycles. The number of Topliss-reactive ketones (excluding diaryl/α,β-unsaturated/α-hetero) is 1. The molecule has 0 radical (unpaired) electrons. The number of anilines is 1. The highest BCUT2D eigenvalue weighted by Gasteiger charge is 2.24. The summed E-state index contributed by atoms with van der Waals surface area (Å²) in [5, 5.41) is 19.8. The van der Waals surface area contributed by atoms with Gasteiger partial charge in [-0.3, -0.25) is 14.9 Å². The van der Waals surface area contributed by atoms with Crippen molar-refractivity contribution in [2.45, 2.75) is 6.92 Å². The van der Waals surface area contributed by atoms with Gasteiger partial charge >= 0.3 is 5.69 Å². The molecule has 0 heterocycles. The second-order valence-electron chi connectivity index (χ2n) is 2.71. The van der Waals surface area contributed by atoms with E-state index in [4.69, 9.17) is 5.73 Å². The van der Waals surface area contributed by atoms with Gasteiger partial charge in [0.2, 0.25) is 5.75 Å². The minimum Gasteiger partial charge on any atom is -0.501 e. The summed E-state index contributed by atoms with van der Waals surface area (Å²) in [4.78, 5) is 20.7. The summed E-state index contributed by atoms with van der Waals surface area (Å²) < 4.78 is 0. The van der Waals surface area contributed by atoms with E-state index in [0.29, 0.717) is 0 Å². The molecule has 0 aliphatic rings. The molecule has 6 nitrogen and oxygen atoms in total. The zero-order chi connectivity index (χ0) is 10.9. The molecule has 14 heavy (non-hydrogen) atoms. The molecule has 0 fully saturated rings. The monoisotopic (exact) mass is 196 g/mol. The molecule has 0 aliphatic carbocycles. The SMILES string of the molecule is CC(=O)c1ccc(N)c(O)c1[N+](=O)[O-]. The molecule has 0 bridgehead atoms. The third kappa shape index (κ3) is 1.49. The number of phenolic OH excluding ortho intramolecular Hbond substituents is 1. The average Bonchev–Trinajstić information content (AvgIpc) is 2.08. The van der Waals surface area contributed by atoms with Gasteiger partial charge in [-0.25, -0.2) is 0 Å². The van der Waals surface area contributed by atoms with Crippen LogP contribution in [0.25, 0.3) is 0 Å². The first-order valence-electron chi connectivity index (χ1n) is 3.72. The van der Waals surface area contributed by atoms with Gasteiger partial charge in [0.1, 0.15) is 0 Å². The summed E-state index contributed by atoms with van der Waals surface area (Å²) in [5.41, 5.74) is 4.35. The van der Waals surface area contributed by atoms with Crippen molar-refractivity contribution in [1.82, 2.24) is 0 Å². The summed E-state index contributed by atoms with van der Waals surface area (Å²) in [7, 11) is 0. The van der Waals surface area contributed by atoms with Crippen molar-refractivity contribution < 1.29 is 14.8 Å². The Kier molecular flexibility index (Phi) is 2.37. The van der Waals surface area contributed by atoms with Gasteiger partial charge in [-0.05, 0) is 19.1 Å². The molecule has 3 N–H and O–H groups in total. The van der Waals surface area contributed by atoms with Crippen LogP contribution in [0.15, 0.2) is 12.1 Å². The average molecular weight is 196 g/mol. The number of aromatic hydroxyl groups is 1. The Morgan fingerprint density at radius 1 is 1.57 bits per heavy atom. The molecule has 1 aromatic carbocycles. The lowest BCUT2D eigenvalue weighted by Crippen LogP contribution is -2.02. The number of nitrogen functional groups attached to an aromatic ring is 1. The molecular weight excluding hydrogens is 188 g/mol. The van der Waals surface area contributed by atoms with Crippen molar-refractivity contribution in [3.8, 4) is 5.75 Å². The first kappa shape index (κ1) is 9.97. The Balaban J connectivity index is 3.53. The number of phenols is 1. The van der Waals surface area contributed by atoms with Crippen LogP contribution in [-0.4, -0.2) is 15.8 Å². The minimum atomic E-state index is -0.831. The standard InChI is InChI=1S/C8H8N2O4/c1-4(11)5-2-3-6(9)8(12)7(5)10(13)14/h2-3,12H,9H2,1H3. The van der Waals surface area contributed by atoms with Crippen molar-refractivity contribution in [3.05, 3.63) is 27.8 Å². The molecule has 0 unspecified atom stereocenters. The molecule has 6 heteroatoms. The van der Waals surface area contributed by atoms with Crippen molar-refractivity contribution in [1.29, 1.82) is 0 Å². The van der Waals surface area contributed by atoms with Crippen LogP contribution >= 0.6 is 0 Å². The maximum Gasteiger partial charge on any atom is 0.323 e. The van der Waals surface area contributed by atoms with Gasteiger partial charge in [-0.2, -0.15) is 0 Å². The van der Waals surface area contributed by atoms with Gasteiger partial charge in [0, 0.05) is 0 Å². The first-order valence-corrected chi connectivity index (χ1v) is 3.72. The van der Waals surface area contributed by atoms with E-state index in [2.05, 4.69) is 0 Å². The van der Waals surface area contributed by atoms with Gasteiger partial charge < -0.3 is 10.8 Å². The van der Waals surface area contributed by atoms with Crippen LogP contribution in [-0.2, 0) is 0 Å². The van der Waals surface area contributed by atoms with E-state index in [1.54, 1.807) is 0 Å². The van der Waals surface area contributed by atoms with Gasteiger partial charge in [-0.15, -0.1) is 0 Å². The van der Waals surface area contributed by atoms with E-state index in [-0.39, 0.29) is 11.3 Å². The Morgan fingerprint density at radius 2 is 2.14 bits per heavy atom. The second-order valence-corrected chi connectivity index (χ2v) is 2.71. The Hall–Kier alpha value is -2.11. The number of carbonyl (C=O) groups excluding carboxylic acids is 1. The largest absolute Gasteiger partial charge is 0.501 e. The van der Waals surface area contributed by atoms with E-state index in [1.165, 1.54) is 19.1 Å². The summed E-state index contributed by atoms with van der Waals surface area (Å²) >= 11 is 0. The number of hydrogen-bond donors (Lipinski definition) is 2. The predicted molar refractivity (Wildman–Crippen MR) is 49.2 cm³/mol. The Morgan fingerprint density at radius 3 is 2.57 bits per heavy atom. The maximum atomic E-state index is 11.0. The van der Waals surface area contributed by atoms with Crippen LogP contribution in [0.5, 0.6) is 5.75 Å². The van der Waals surface area contributed by atoms with Crippen LogP contribution in [0, 0.1) is 10.1 Å². The Bertz CT molecular complexity index is 414. The molecule has 0 saturated heterocycles. The Labute approximate surface area is 79.1 Å². The summed E-state index contributed by atoms with van der Waals surface area (Å²) in [6, 6.07) is 2.47. The number of ketones is 1. The molecule has 0 spiro atoms. The van der Waals surface area contributed by atoms with E-state index in [9.17, 15) is 20.0 Å². The number of nitrogens with two attached hydrogens (primary N) is 1. The molecule has 74 valence electrons. The normalized spacial score (nSPS) is 9.79. The number of hydrogen-bond acceptors (Lipinski definition) is 5. The fourth-order valence-electron chi connectivity index (χ4n) is 1.06. The molecule has 0 aliphatic heterocycles. The highest BCUT2D eigenvalue weighted by Crippen LogP contribution is 2.35. The maximum absolute atomic E-state index is 11.0. The quantitative estimate of drug-likeness (QED) is 0.242. The number of carbonyl (C=O) groups is 1. The second kappa shape index (κ2) is 3.33. The van der Waals surface area contributed by atoms with E-state index in [1.807, 2.05) is 0 Å². The van der Waals surface area contributed by atoms with Crippen LogP contribution in [0.4, 0.5) is 11.4 Å². The smallest absolute Gasteiger partial charge is 0.323 e. The summed E-state index contributed by atoms with van der Waals surface area (Å²) in [6.45, 7) is 1.18. The fourth-order valence-corrected chi connectivity index (χ4v) is 1.06. The first-order chi connectivity index (χ1) is 6.45. The van der Waals surface area contributed by atoms with Crippen LogP contribution in [0.3, 0.4) is 0 Å². The number of benzene rings is 1. The van der Waals surface area contributed by atoms with Crippen LogP contribution in [0.1, 0.15) is 17.3 Å². The summed E-state index contributed by atoms with van der Waals surface area (Å²) in [5.74, 6) is -1.16. The van der Waals surface area contributed by atoms with Crippen LogP contribution < -0.4 is 5.73 Å². The number of nitro groups is 1. The third-order valence-electron chi connectivity index (χ3n) is 1.74. The highest BCUT2D eigenvalue weighted by molar-refractivity contribution is 6.00. The molecule has 0 atom stereocenters. The lowest BCUT2D eigenvalue weighted by Gasteiger charge is -2.03. The fraction of sp³-hybridized carbons (Fsp3) is 0.125. The van der Waals surface area contributed by atoms with Gasteiger partial charge in [0.15, 0.2) is 5.78 Å². The molecule has 0 aromatic heterocycles. The van der Waals surface area contributed by atoms with Gasteiger partial charge in [-0.1, -0.05) is 0 Å². The van der Waals surface area contributed by atoms with Crippen molar-refractivity contribution >= 4 is 17.2 Å². The van der Waals surface area contributed by atoms with E-state index >= 15 is 0 Å². The van der Waals surface area contributed by atoms with E-state index < -0.39 is 22.1 Å². The lowest BCUT2D eigenvalue weighted by molar-refractivity contribution is -0.386. The number of nitrogens with zero attached hydrogens (tertiary/aromatic N) is 1. The van der Waals surface area contributed by atoms with Gasteiger partial charge in [0.25, 0.3) is 0 Å². The van der Waals surface area contributed by atoms with E-state index in [0.717, 1.165) is 0 Å². The van der Waals surface area contributed by atoms with Crippen molar-refractivity contribution in [2.24, 2.45) is 0 Å². The third-order valence-corrected chi connectivity index (χ3v) is 1.74. The molecule has 1 rings (SSSR count). The molecular formula is C8H8N2O4. The topological polar surface area (TPSA) is 106 Å². The molecule has 0 amide bonds. The van der Waals surface area contributed by atoms with Crippen molar-refractivity contribution in [3.63, 3.8) is 0 Å².